The molecule has 0 saturated carbocycles. The second-order valence-corrected chi connectivity index (χ2v) is 7.99. The fourth-order valence-electron chi connectivity index (χ4n) is 2.95. The Labute approximate surface area is 143 Å². The number of nitrogens with one attached hydrogen (secondary N) is 1. The number of hydrogen-bond acceptors (Lipinski definition) is 2. The zero-order chi connectivity index (χ0) is 14.8. The Morgan fingerprint density at radius 3 is 2.90 bits per heavy atom. The third kappa shape index (κ3) is 3.53. The van der Waals surface area contributed by atoms with Gasteiger partial charge in [0.25, 0.3) is 0 Å². The smallest absolute Gasteiger partial charge is 0.0456 e. The number of thiophene rings is 1. The van der Waals surface area contributed by atoms with Crippen molar-refractivity contribution in [2.24, 2.45) is 0 Å². The summed E-state index contributed by atoms with van der Waals surface area (Å²) in [6.45, 7) is 3.14. The fourth-order valence-corrected chi connectivity index (χ4v) is 5.03. The Hall–Kier alpha value is -0.350. The summed E-state index contributed by atoms with van der Waals surface area (Å²) >= 11 is 11.8. The highest BCUT2D eigenvalue weighted by Gasteiger charge is 2.20. The normalized spacial score (nSPS) is 15.2. The van der Waals surface area contributed by atoms with Gasteiger partial charge in [0.05, 0.1) is 0 Å². The summed E-state index contributed by atoms with van der Waals surface area (Å²) in [6.07, 6.45) is 4.78. The molecule has 112 valence electrons. The van der Waals surface area contributed by atoms with Gasteiger partial charge >= 0.3 is 0 Å². The predicted octanol–water partition coefficient (Wildman–Crippen LogP) is 5.55. The number of likely N-dealkylation sites (N-methyl/N-ethyl adjacent to an activating group) is 1. The fraction of sp³-hybridized carbons (Fsp3) is 0.412. The molecule has 1 aromatic heterocycles. The van der Waals surface area contributed by atoms with Crippen molar-refractivity contribution in [3.8, 4) is 0 Å². The molecule has 21 heavy (non-hydrogen) atoms. The van der Waals surface area contributed by atoms with Gasteiger partial charge in [-0.2, -0.15) is 0 Å². The Kier molecular flexibility index (Phi) is 5.05. The van der Waals surface area contributed by atoms with Gasteiger partial charge in [-0.3, -0.25) is 0 Å². The minimum atomic E-state index is 0.365. The van der Waals surface area contributed by atoms with Crippen LogP contribution in [0.1, 0.15) is 40.3 Å². The Morgan fingerprint density at radius 1 is 1.33 bits per heavy atom. The first kappa shape index (κ1) is 15.5. The Balaban J connectivity index is 1.83. The van der Waals surface area contributed by atoms with Crippen LogP contribution in [0, 0.1) is 0 Å². The summed E-state index contributed by atoms with van der Waals surface area (Å²) in [6, 6.07) is 8.95. The molecule has 1 unspecified atom stereocenters. The first-order valence-electron chi connectivity index (χ1n) is 7.46. The highest BCUT2D eigenvalue weighted by molar-refractivity contribution is 9.10. The Morgan fingerprint density at radius 2 is 2.19 bits per heavy atom. The zero-order valence-electron chi connectivity index (χ0n) is 12.1. The SMILES string of the molecule is CCNC(Cc1ccc(Br)cc1Cl)c1cc2c(s1)CCC2. The lowest BCUT2D eigenvalue weighted by atomic mass is 10.0. The van der Waals surface area contributed by atoms with Gasteiger partial charge < -0.3 is 5.32 Å². The summed E-state index contributed by atoms with van der Waals surface area (Å²) in [5.74, 6) is 0. The third-order valence-electron chi connectivity index (χ3n) is 4.00. The minimum Gasteiger partial charge on any atom is -0.309 e. The molecule has 1 atom stereocenters. The molecule has 0 saturated heterocycles. The molecule has 0 amide bonds. The van der Waals surface area contributed by atoms with Crippen molar-refractivity contribution in [1.82, 2.24) is 5.32 Å². The highest BCUT2D eigenvalue weighted by Crippen LogP contribution is 2.35. The second-order valence-electron chi connectivity index (χ2n) is 5.50. The maximum absolute atomic E-state index is 6.38. The van der Waals surface area contributed by atoms with E-state index in [2.05, 4.69) is 46.4 Å². The first-order chi connectivity index (χ1) is 10.2. The van der Waals surface area contributed by atoms with Gasteiger partial charge in [0, 0.05) is 25.3 Å². The van der Waals surface area contributed by atoms with Crippen LogP contribution < -0.4 is 5.32 Å². The summed E-state index contributed by atoms with van der Waals surface area (Å²) in [5, 5.41) is 4.46. The molecule has 0 aliphatic heterocycles. The van der Waals surface area contributed by atoms with Crippen molar-refractivity contribution < 1.29 is 0 Å². The first-order valence-corrected chi connectivity index (χ1v) is 9.45. The standard InChI is InChI=1S/C17H19BrClNS/c1-2-20-15(8-11-6-7-13(18)10-14(11)19)17-9-12-4-3-5-16(12)21-17/h6-7,9-10,15,20H,2-5,8H2,1H3. The van der Waals surface area contributed by atoms with Crippen LogP contribution in [0.3, 0.4) is 0 Å². The van der Waals surface area contributed by atoms with E-state index in [9.17, 15) is 0 Å². The van der Waals surface area contributed by atoms with E-state index in [4.69, 9.17) is 11.6 Å². The number of aryl methyl sites for hydroxylation is 2. The van der Waals surface area contributed by atoms with E-state index in [1.165, 1.54) is 29.7 Å². The van der Waals surface area contributed by atoms with Crippen LogP contribution in [0.2, 0.25) is 5.02 Å². The molecule has 1 aliphatic rings. The molecule has 1 aliphatic carbocycles. The van der Waals surface area contributed by atoms with Crippen molar-refractivity contribution >= 4 is 38.9 Å². The second kappa shape index (κ2) is 6.82. The molecule has 1 nitrogen and oxygen atoms in total. The highest BCUT2D eigenvalue weighted by atomic mass is 79.9. The topological polar surface area (TPSA) is 12.0 Å². The molecule has 1 N–H and O–H groups in total. The van der Waals surface area contributed by atoms with Crippen LogP contribution in [0.5, 0.6) is 0 Å². The molecule has 3 rings (SSSR count). The van der Waals surface area contributed by atoms with Gasteiger partial charge in [0.15, 0.2) is 0 Å². The lowest BCUT2D eigenvalue weighted by Crippen LogP contribution is -2.22. The van der Waals surface area contributed by atoms with E-state index in [0.29, 0.717) is 6.04 Å². The quantitative estimate of drug-likeness (QED) is 0.713. The largest absolute Gasteiger partial charge is 0.309 e. The van der Waals surface area contributed by atoms with E-state index in [0.717, 1.165) is 22.5 Å². The van der Waals surface area contributed by atoms with Crippen LogP contribution in [0.4, 0.5) is 0 Å². The van der Waals surface area contributed by atoms with Crippen molar-refractivity contribution in [1.29, 1.82) is 0 Å². The van der Waals surface area contributed by atoms with E-state index >= 15 is 0 Å². The molecule has 1 heterocycles. The van der Waals surface area contributed by atoms with E-state index in [1.807, 2.05) is 17.4 Å². The van der Waals surface area contributed by atoms with Crippen LogP contribution in [0.25, 0.3) is 0 Å². The van der Waals surface area contributed by atoms with Crippen LogP contribution >= 0.6 is 38.9 Å². The molecular weight excluding hydrogens is 366 g/mol. The summed E-state index contributed by atoms with van der Waals surface area (Å²) in [5.41, 5.74) is 2.78. The molecule has 1 aromatic carbocycles. The molecule has 0 spiro atoms. The zero-order valence-corrected chi connectivity index (χ0v) is 15.2. The maximum Gasteiger partial charge on any atom is 0.0456 e. The van der Waals surface area contributed by atoms with Crippen LogP contribution in [0.15, 0.2) is 28.7 Å². The molecule has 2 aromatic rings. The number of benzene rings is 1. The van der Waals surface area contributed by atoms with Crippen LogP contribution in [-0.2, 0) is 19.3 Å². The summed E-state index contributed by atoms with van der Waals surface area (Å²) < 4.78 is 1.03. The van der Waals surface area contributed by atoms with Gasteiger partial charge in [0.2, 0.25) is 0 Å². The summed E-state index contributed by atoms with van der Waals surface area (Å²) in [7, 11) is 0. The average molecular weight is 385 g/mol. The molecule has 0 radical (unpaired) electrons. The Bertz CT molecular complexity index is 616. The van der Waals surface area contributed by atoms with Crippen molar-refractivity contribution in [2.75, 3.05) is 6.54 Å². The van der Waals surface area contributed by atoms with E-state index < -0.39 is 0 Å². The predicted molar refractivity (Wildman–Crippen MR) is 95.6 cm³/mol. The summed E-state index contributed by atoms with van der Waals surface area (Å²) in [4.78, 5) is 3.05. The van der Waals surface area contributed by atoms with Gasteiger partial charge in [-0.15, -0.1) is 11.3 Å². The molecular formula is C17H19BrClNS. The minimum absolute atomic E-state index is 0.365. The van der Waals surface area contributed by atoms with Crippen LogP contribution in [-0.4, -0.2) is 6.54 Å². The number of fused-ring (bicyclic) bond motifs is 1. The van der Waals surface area contributed by atoms with Crippen molar-refractivity contribution in [3.05, 3.63) is 54.6 Å². The molecule has 0 fully saturated rings. The van der Waals surface area contributed by atoms with Gasteiger partial charge in [-0.05, 0) is 61.6 Å². The van der Waals surface area contributed by atoms with Crippen molar-refractivity contribution in [2.45, 2.75) is 38.6 Å². The number of hydrogen-bond donors (Lipinski definition) is 1. The monoisotopic (exact) mass is 383 g/mol. The van der Waals surface area contributed by atoms with Gasteiger partial charge in [-0.1, -0.05) is 40.5 Å². The maximum atomic E-state index is 6.38. The van der Waals surface area contributed by atoms with Gasteiger partial charge in [0.1, 0.15) is 0 Å². The lowest BCUT2D eigenvalue weighted by Gasteiger charge is -2.17. The van der Waals surface area contributed by atoms with E-state index in [1.54, 1.807) is 10.4 Å². The average Bonchev–Trinajstić information content (AvgIpc) is 3.02. The van der Waals surface area contributed by atoms with Gasteiger partial charge in [-0.25, -0.2) is 0 Å². The van der Waals surface area contributed by atoms with E-state index in [-0.39, 0.29) is 0 Å². The number of halogens is 2. The molecule has 0 bridgehead atoms. The number of rotatable bonds is 5. The van der Waals surface area contributed by atoms with Crippen molar-refractivity contribution in [3.63, 3.8) is 0 Å². The lowest BCUT2D eigenvalue weighted by molar-refractivity contribution is 0.558. The third-order valence-corrected chi connectivity index (χ3v) is 6.19. The molecule has 4 heteroatoms.